The number of hydrogen-bond acceptors (Lipinski definition) is 8. The monoisotopic (exact) mass is 493 g/mol. The highest BCUT2D eigenvalue weighted by atomic mass is 16.7. The molecule has 36 heavy (non-hydrogen) atoms. The molecule has 0 spiro atoms. The van der Waals surface area contributed by atoms with Crippen molar-refractivity contribution < 1.29 is 33.3 Å². The number of aromatic nitrogens is 1. The maximum Gasteiger partial charge on any atom is 0.347 e. The highest BCUT2D eigenvalue weighted by Crippen LogP contribution is 2.35. The number of ether oxygens (including phenoxy) is 5. The second-order valence-corrected chi connectivity index (χ2v) is 8.72. The molecule has 2 aliphatic rings. The fourth-order valence-corrected chi connectivity index (χ4v) is 4.80. The van der Waals surface area contributed by atoms with E-state index in [0.717, 1.165) is 5.56 Å². The number of hydrogen-bond donors (Lipinski definition) is 0. The van der Waals surface area contributed by atoms with E-state index < -0.39 is 41.9 Å². The van der Waals surface area contributed by atoms with Gasteiger partial charge in [0.2, 0.25) is 0 Å². The van der Waals surface area contributed by atoms with Crippen molar-refractivity contribution in [2.75, 3.05) is 19.8 Å². The van der Waals surface area contributed by atoms with Crippen LogP contribution in [0.25, 0.3) is 10.9 Å². The summed E-state index contributed by atoms with van der Waals surface area (Å²) in [6, 6.07) is 16.8. The molecule has 4 atom stereocenters. The van der Waals surface area contributed by atoms with Crippen molar-refractivity contribution in [1.29, 1.82) is 0 Å². The lowest BCUT2D eigenvalue weighted by molar-refractivity contribution is -0.150. The first kappa shape index (κ1) is 24.0. The zero-order valence-corrected chi connectivity index (χ0v) is 20.0. The molecule has 0 amide bonds. The number of nitrogens with zero attached hydrogens (tertiary/aromatic N) is 1. The zero-order chi connectivity index (χ0) is 25.2. The molecule has 5 rings (SSSR count). The van der Waals surface area contributed by atoms with E-state index >= 15 is 0 Å². The Bertz CT molecular complexity index is 1330. The van der Waals surface area contributed by atoms with Gasteiger partial charge in [-0.2, -0.15) is 0 Å². The van der Waals surface area contributed by atoms with E-state index in [1.807, 2.05) is 48.5 Å². The molecule has 1 unspecified atom stereocenters. The smallest absolute Gasteiger partial charge is 0.347 e. The van der Waals surface area contributed by atoms with Gasteiger partial charge in [0.1, 0.15) is 18.0 Å². The fraction of sp³-hybridized carbons (Fsp3) is 0.370. The summed E-state index contributed by atoms with van der Waals surface area (Å²) in [4.78, 5) is 38.3. The summed E-state index contributed by atoms with van der Waals surface area (Å²) in [5.74, 6) is -1.05. The SMILES string of the molecule is CCOC(=O)c1c(OC2CO[C@@H]3[C@@H](OC(C)=O)CO[C@H]23)c2ccccc2n(Cc2ccccc2)c1=O. The fourth-order valence-electron chi connectivity index (χ4n) is 4.80. The van der Waals surface area contributed by atoms with E-state index in [9.17, 15) is 14.4 Å². The predicted octanol–water partition coefficient (Wildman–Crippen LogP) is 2.70. The van der Waals surface area contributed by atoms with Crippen LogP contribution in [0.2, 0.25) is 0 Å². The van der Waals surface area contributed by atoms with E-state index in [4.69, 9.17) is 23.7 Å². The van der Waals surface area contributed by atoms with Crippen LogP contribution in [0.15, 0.2) is 59.4 Å². The molecule has 3 heterocycles. The van der Waals surface area contributed by atoms with Crippen molar-refractivity contribution in [3.05, 3.63) is 76.1 Å². The molecule has 0 saturated carbocycles. The standard InChI is InChI=1S/C27H27NO8/c1-3-32-27(31)22-23(36-21-15-34-24-20(35-16(2)29)14-33-25(21)24)18-11-7-8-12-19(18)28(26(22)30)13-17-9-5-4-6-10-17/h4-12,20-21,24-25H,3,13-15H2,1-2H3/t20-,21?,24+,25+/m0/s1. The molecule has 1 aromatic heterocycles. The first-order valence-corrected chi connectivity index (χ1v) is 11.9. The van der Waals surface area contributed by atoms with Gasteiger partial charge in [0.15, 0.2) is 17.8 Å². The highest BCUT2D eigenvalue weighted by Gasteiger charge is 2.51. The maximum atomic E-state index is 13.8. The van der Waals surface area contributed by atoms with Crippen LogP contribution >= 0.6 is 0 Å². The number of fused-ring (bicyclic) bond motifs is 2. The minimum Gasteiger partial charge on any atom is -0.483 e. The average molecular weight is 494 g/mol. The lowest BCUT2D eigenvalue weighted by atomic mass is 10.1. The van der Waals surface area contributed by atoms with Crippen molar-refractivity contribution in [2.24, 2.45) is 0 Å². The third-order valence-corrected chi connectivity index (χ3v) is 6.34. The lowest BCUT2D eigenvalue weighted by Crippen LogP contribution is -2.37. The van der Waals surface area contributed by atoms with Crippen LogP contribution in [0.4, 0.5) is 0 Å². The van der Waals surface area contributed by atoms with Crippen LogP contribution in [-0.4, -0.2) is 60.7 Å². The summed E-state index contributed by atoms with van der Waals surface area (Å²) in [5, 5.41) is 0.592. The molecule has 9 nitrogen and oxygen atoms in total. The highest BCUT2D eigenvalue weighted by molar-refractivity contribution is 6.00. The number of carbonyl (C=O) groups excluding carboxylic acids is 2. The molecule has 2 saturated heterocycles. The first-order valence-electron chi connectivity index (χ1n) is 11.9. The molecular weight excluding hydrogens is 466 g/mol. The first-order chi connectivity index (χ1) is 17.5. The number of esters is 2. The molecule has 0 radical (unpaired) electrons. The summed E-state index contributed by atoms with van der Waals surface area (Å²) in [6.07, 6.45) is -2.16. The van der Waals surface area contributed by atoms with E-state index in [-0.39, 0.29) is 37.7 Å². The molecule has 2 aliphatic heterocycles. The largest absolute Gasteiger partial charge is 0.483 e. The Kier molecular flexibility index (Phi) is 6.75. The molecule has 2 fully saturated rings. The van der Waals surface area contributed by atoms with E-state index in [1.165, 1.54) is 6.92 Å². The number of carbonyl (C=O) groups is 2. The van der Waals surface area contributed by atoms with Gasteiger partial charge in [-0.15, -0.1) is 0 Å². The number of rotatable bonds is 7. The second kappa shape index (κ2) is 10.1. The molecule has 3 aromatic rings. The quantitative estimate of drug-likeness (QED) is 0.463. The summed E-state index contributed by atoms with van der Waals surface area (Å²) in [6.45, 7) is 3.72. The Morgan fingerprint density at radius 3 is 2.36 bits per heavy atom. The second-order valence-electron chi connectivity index (χ2n) is 8.72. The van der Waals surface area contributed by atoms with Crippen LogP contribution in [0, 0.1) is 0 Å². The average Bonchev–Trinajstić information content (AvgIpc) is 3.45. The zero-order valence-electron chi connectivity index (χ0n) is 20.0. The number of benzene rings is 2. The van der Waals surface area contributed by atoms with Crippen molar-refractivity contribution in [1.82, 2.24) is 4.57 Å². The van der Waals surface area contributed by atoms with Gasteiger partial charge in [0, 0.05) is 12.3 Å². The Hall–Kier alpha value is -3.69. The number of pyridine rings is 1. The van der Waals surface area contributed by atoms with E-state index in [2.05, 4.69) is 0 Å². The Morgan fingerprint density at radius 1 is 0.972 bits per heavy atom. The molecular formula is C27H27NO8. The van der Waals surface area contributed by atoms with Gasteiger partial charge >= 0.3 is 11.9 Å². The summed E-state index contributed by atoms with van der Waals surface area (Å²) in [7, 11) is 0. The minimum absolute atomic E-state index is 0.105. The van der Waals surface area contributed by atoms with Crippen LogP contribution in [0.5, 0.6) is 5.75 Å². The summed E-state index contributed by atoms with van der Waals surface area (Å²) in [5.41, 5.74) is 0.849. The predicted molar refractivity (Wildman–Crippen MR) is 129 cm³/mol. The summed E-state index contributed by atoms with van der Waals surface area (Å²) < 4.78 is 30.1. The molecule has 0 aliphatic carbocycles. The van der Waals surface area contributed by atoms with Gasteiger partial charge in [-0.1, -0.05) is 42.5 Å². The van der Waals surface area contributed by atoms with Crippen LogP contribution < -0.4 is 10.3 Å². The van der Waals surface area contributed by atoms with Crippen molar-refractivity contribution in [3.63, 3.8) is 0 Å². The van der Waals surface area contributed by atoms with E-state index in [0.29, 0.717) is 10.9 Å². The summed E-state index contributed by atoms with van der Waals surface area (Å²) >= 11 is 0. The third-order valence-electron chi connectivity index (χ3n) is 6.34. The minimum atomic E-state index is -0.759. The van der Waals surface area contributed by atoms with Crippen molar-refractivity contribution in [3.8, 4) is 5.75 Å². The van der Waals surface area contributed by atoms with Gasteiger partial charge < -0.3 is 28.3 Å². The molecule has 0 bridgehead atoms. The third kappa shape index (κ3) is 4.47. The van der Waals surface area contributed by atoms with E-state index in [1.54, 1.807) is 17.6 Å². The van der Waals surface area contributed by atoms with Crippen LogP contribution in [-0.2, 0) is 30.3 Å². The topological polar surface area (TPSA) is 102 Å². The van der Waals surface area contributed by atoms with Crippen LogP contribution in [0.3, 0.4) is 0 Å². The molecule has 2 aromatic carbocycles. The lowest BCUT2D eigenvalue weighted by Gasteiger charge is -2.22. The van der Waals surface area contributed by atoms with Gasteiger partial charge in [-0.25, -0.2) is 4.79 Å². The van der Waals surface area contributed by atoms with Gasteiger partial charge in [-0.3, -0.25) is 9.59 Å². The molecule has 188 valence electrons. The molecule has 0 N–H and O–H groups in total. The van der Waals surface area contributed by atoms with Crippen molar-refractivity contribution in [2.45, 2.75) is 44.8 Å². The Labute approximate surface area is 207 Å². The van der Waals surface area contributed by atoms with Gasteiger partial charge in [0.05, 0.1) is 31.9 Å². The van der Waals surface area contributed by atoms with Crippen LogP contribution in [0.1, 0.15) is 29.8 Å². The Balaban J connectivity index is 1.58. The normalized spacial score (nSPS) is 22.8. The van der Waals surface area contributed by atoms with Crippen molar-refractivity contribution >= 4 is 22.8 Å². The maximum absolute atomic E-state index is 13.8. The van der Waals surface area contributed by atoms with Gasteiger partial charge in [0.25, 0.3) is 5.56 Å². The number of para-hydroxylation sites is 1. The Morgan fingerprint density at radius 2 is 1.64 bits per heavy atom. The van der Waals surface area contributed by atoms with Gasteiger partial charge in [-0.05, 0) is 24.6 Å². The molecule has 9 heteroatoms.